The van der Waals surface area contributed by atoms with Crippen molar-refractivity contribution < 1.29 is 14.3 Å². The van der Waals surface area contributed by atoms with Gasteiger partial charge in [0.15, 0.2) is 0 Å². The Morgan fingerprint density at radius 1 is 0.957 bits per heavy atom. The number of benzene rings is 2. The minimum atomic E-state index is -0.447. The van der Waals surface area contributed by atoms with Gasteiger partial charge in [-0.3, -0.25) is 4.79 Å². The van der Waals surface area contributed by atoms with Crippen LogP contribution in [-0.2, 0) is 22.4 Å². The van der Waals surface area contributed by atoms with Gasteiger partial charge in [-0.25, -0.2) is 0 Å². The maximum absolute atomic E-state index is 11.9. The molecule has 3 heteroatoms. The minimum Gasteiger partial charge on any atom is -0.497 e. The first-order chi connectivity index (χ1) is 10.9. The highest BCUT2D eigenvalue weighted by atomic mass is 16.6. The largest absolute Gasteiger partial charge is 0.497 e. The Hall–Kier alpha value is -2.29. The molecule has 0 aliphatic carbocycles. The van der Waals surface area contributed by atoms with Gasteiger partial charge in [0, 0.05) is 0 Å². The highest BCUT2D eigenvalue weighted by Crippen LogP contribution is 2.17. The lowest BCUT2D eigenvalue weighted by Gasteiger charge is -2.19. The van der Waals surface area contributed by atoms with Gasteiger partial charge in [-0.15, -0.1) is 0 Å². The molecule has 0 atom stereocenters. The fourth-order valence-electron chi connectivity index (χ4n) is 2.37. The number of hydrogen-bond donors (Lipinski definition) is 0. The van der Waals surface area contributed by atoms with E-state index in [1.165, 1.54) is 11.1 Å². The van der Waals surface area contributed by atoms with Gasteiger partial charge in [-0.1, -0.05) is 36.4 Å². The average molecular weight is 312 g/mol. The third-order valence-electron chi connectivity index (χ3n) is 3.33. The van der Waals surface area contributed by atoms with Crippen molar-refractivity contribution in [2.24, 2.45) is 0 Å². The summed E-state index contributed by atoms with van der Waals surface area (Å²) in [6.07, 6.45) is 1.12. The fraction of sp³-hybridized carbons (Fsp3) is 0.350. The molecule has 0 spiro atoms. The first kappa shape index (κ1) is 17.1. The zero-order valence-corrected chi connectivity index (χ0v) is 14.3. The van der Waals surface area contributed by atoms with E-state index in [9.17, 15) is 4.79 Å². The monoisotopic (exact) mass is 312 g/mol. The molecule has 0 N–H and O–H groups in total. The van der Waals surface area contributed by atoms with Crippen LogP contribution in [0, 0.1) is 0 Å². The molecule has 0 bridgehead atoms. The second-order valence-corrected chi connectivity index (χ2v) is 6.61. The highest BCUT2D eigenvalue weighted by Gasteiger charge is 2.16. The lowest BCUT2D eigenvalue weighted by Crippen LogP contribution is -2.24. The van der Waals surface area contributed by atoms with Crippen molar-refractivity contribution in [3.05, 3.63) is 65.2 Å². The van der Waals surface area contributed by atoms with Crippen molar-refractivity contribution in [2.45, 2.75) is 39.2 Å². The summed E-state index contributed by atoms with van der Waals surface area (Å²) in [6.45, 7) is 5.64. The molecule has 2 rings (SSSR count). The third kappa shape index (κ3) is 5.78. The average Bonchev–Trinajstić information content (AvgIpc) is 2.46. The Bertz CT molecular complexity index is 651. The van der Waals surface area contributed by atoms with E-state index in [1.807, 2.05) is 45.0 Å². The summed E-state index contributed by atoms with van der Waals surface area (Å²) in [5, 5.41) is 0. The fourth-order valence-corrected chi connectivity index (χ4v) is 2.37. The molecule has 2 aromatic carbocycles. The zero-order valence-electron chi connectivity index (χ0n) is 14.3. The molecule has 122 valence electrons. The number of rotatable bonds is 5. The molecule has 0 aromatic heterocycles. The van der Waals surface area contributed by atoms with Crippen LogP contribution < -0.4 is 4.74 Å². The number of methoxy groups -OCH3 is 1. The van der Waals surface area contributed by atoms with Crippen molar-refractivity contribution >= 4 is 5.97 Å². The van der Waals surface area contributed by atoms with E-state index in [1.54, 1.807) is 7.11 Å². The Kier molecular flexibility index (Phi) is 5.43. The summed E-state index contributed by atoms with van der Waals surface area (Å²) in [5.74, 6) is 0.659. The highest BCUT2D eigenvalue weighted by molar-refractivity contribution is 5.73. The van der Waals surface area contributed by atoms with E-state index in [2.05, 4.69) is 24.3 Å². The van der Waals surface area contributed by atoms with Crippen LogP contribution in [0.4, 0.5) is 0 Å². The normalized spacial score (nSPS) is 11.1. The number of carbonyl (C=O) groups excluding carboxylic acids is 1. The molecule has 0 saturated heterocycles. The van der Waals surface area contributed by atoms with Crippen LogP contribution in [0.1, 0.15) is 37.5 Å². The minimum absolute atomic E-state index is 0.195. The molecule has 0 saturated carbocycles. The Labute approximate surface area is 138 Å². The summed E-state index contributed by atoms with van der Waals surface area (Å²) in [6, 6.07) is 16.1. The van der Waals surface area contributed by atoms with Gasteiger partial charge in [-0.05, 0) is 56.0 Å². The van der Waals surface area contributed by atoms with E-state index in [0.29, 0.717) is 6.42 Å². The quantitative estimate of drug-likeness (QED) is 0.777. The van der Waals surface area contributed by atoms with Crippen molar-refractivity contribution in [3.63, 3.8) is 0 Å². The summed E-state index contributed by atoms with van der Waals surface area (Å²) < 4.78 is 10.5. The number of hydrogen-bond acceptors (Lipinski definition) is 3. The first-order valence-electron chi connectivity index (χ1n) is 7.78. The molecule has 0 fully saturated rings. The van der Waals surface area contributed by atoms with Gasteiger partial charge in [0.05, 0.1) is 13.5 Å². The van der Waals surface area contributed by atoms with E-state index in [0.717, 1.165) is 17.7 Å². The smallest absolute Gasteiger partial charge is 0.310 e. The molecule has 0 radical (unpaired) electrons. The molecule has 3 nitrogen and oxygen atoms in total. The molecule has 2 aromatic rings. The lowest BCUT2D eigenvalue weighted by atomic mass is 10.0. The van der Waals surface area contributed by atoms with Crippen molar-refractivity contribution in [2.75, 3.05) is 7.11 Å². The van der Waals surface area contributed by atoms with E-state index < -0.39 is 5.60 Å². The topological polar surface area (TPSA) is 35.5 Å². The van der Waals surface area contributed by atoms with Crippen LogP contribution in [0.5, 0.6) is 5.75 Å². The first-order valence-corrected chi connectivity index (χ1v) is 7.78. The molecule has 0 aliphatic rings. The predicted octanol–water partition coefficient (Wildman–Crippen LogP) is 4.17. The second-order valence-electron chi connectivity index (χ2n) is 6.61. The SMILES string of the molecule is COc1ccc(Cc2cccc(CC(=O)OC(C)(C)C)c2)cc1. The molecule has 0 amide bonds. The van der Waals surface area contributed by atoms with Crippen LogP contribution in [0.3, 0.4) is 0 Å². The van der Waals surface area contributed by atoms with Crippen LogP contribution in [0.2, 0.25) is 0 Å². The van der Waals surface area contributed by atoms with Crippen LogP contribution in [0.25, 0.3) is 0 Å². The Morgan fingerprint density at radius 3 is 2.22 bits per heavy atom. The maximum atomic E-state index is 11.9. The Balaban J connectivity index is 2.02. The van der Waals surface area contributed by atoms with Gasteiger partial charge in [0.25, 0.3) is 0 Å². The number of esters is 1. The van der Waals surface area contributed by atoms with Gasteiger partial charge in [0.2, 0.25) is 0 Å². The van der Waals surface area contributed by atoms with Gasteiger partial charge in [0.1, 0.15) is 11.4 Å². The van der Waals surface area contributed by atoms with Gasteiger partial charge >= 0.3 is 5.97 Å². The summed E-state index contributed by atoms with van der Waals surface area (Å²) in [5.41, 5.74) is 2.92. The standard InChI is InChI=1S/C20H24O3/c1-20(2,3)23-19(21)14-17-7-5-6-16(13-17)12-15-8-10-18(22-4)11-9-15/h5-11,13H,12,14H2,1-4H3. The summed E-state index contributed by atoms with van der Waals surface area (Å²) >= 11 is 0. The molecule has 23 heavy (non-hydrogen) atoms. The molecule has 0 unspecified atom stereocenters. The Morgan fingerprint density at radius 2 is 1.61 bits per heavy atom. The summed E-state index contributed by atoms with van der Waals surface area (Å²) in [4.78, 5) is 11.9. The van der Waals surface area contributed by atoms with Crippen molar-refractivity contribution in [1.82, 2.24) is 0 Å². The second kappa shape index (κ2) is 7.32. The molecule has 0 heterocycles. The number of carbonyl (C=O) groups is 1. The lowest BCUT2D eigenvalue weighted by molar-refractivity contribution is -0.153. The van der Waals surface area contributed by atoms with Crippen molar-refractivity contribution in [1.29, 1.82) is 0 Å². The van der Waals surface area contributed by atoms with E-state index in [-0.39, 0.29) is 5.97 Å². The van der Waals surface area contributed by atoms with Crippen LogP contribution in [0.15, 0.2) is 48.5 Å². The van der Waals surface area contributed by atoms with Gasteiger partial charge < -0.3 is 9.47 Å². The third-order valence-corrected chi connectivity index (χ3v) is 3.33. The van der Waals surface area contributed by atoms with Crippen LogP contribution >= 0.6 is 0 Å². The van der Waals surface area contributed by atoms with Gasteiger partial charge in [-0.2, -0.15) is 0 Å². The van der Waals surface area contributed by atoms with E-state index >= 15 is 0 Å². The zero-order chi connectivity index (χ0) is 16.9. The number of ether oxygens (including phenoxy) is 2. The summed E-state index contributed by atoms with van der Waals surface area (Å²) in [7, 11) is 1.66. The predicted molar refractivity (Wildman–Crippen MR) is 91.8 cm³/mol. The van der Waals surface area contributed by atoms with Crippen molar-refractivity contribution in [3.8, 4) is 5.75 Å². The molecular weight excluding hydrogens is 288 g/mol. The van der Waals surface area contributed by atoms with Crippen LogP contribution in [-0.4, -0.2) is 18.7 Å². The van der Waals surface area contributed by atoms with E-state index in [4.69, 9.17) is 9.47 Å². The maximum Gasteiger partial charge on any atom is 0.310 e. The molecular formula is C20H24O3. The molecule has 0 aliphatic heterocycles.